The van der Waals surface area contributed by atoms with Crippen LogP contribution in [0.15, 0.2) is 0 Å². The summed E-state index contributed by atoms with van der Waals surface area (Å²) in [4.78, 5) is 5.07. The van der Waals surface area contributed by atoms with Gasteiger partial charge in [-0.2, -0.15) is 0 Å². The number of hydrogen-bond donors (Lipinski definition) is 0. The zero-order valence-electron chi connectivity index (χ0n) is 9.87. The molecule has 2 nitrogen and oxygen atoms in total. The van der Waals surface area contributed by atoms with Gasteiger partial charge in [-0.25, -0.2) is 0 Å². The van der Waals surface area contributed by atoms with Crippen molar-refractivity contribution in [3.8, 4) is 0 Å². The maximum atomic E-state index is 2.73. The minimum absolute atomic E-state index is 0.853. The Labute approximate surface area is 88.3 Å². The van der Waals surface area contributed by atoms with Crippen LogP contribution in [0.5, 0.6) is 0 Å². The van der Waals surface area contributed by atoms with Crippen molar-refractivity contribution in [1.29, 1.82) is 0 Å². The summed E-state index contributed by atoms with van der Waals surface area (Å²) < 4.78 is 0. The summed E-state index contributed by atoms with van der Waals surface area (Å²) in [6.07, 6.45) is 4.30. The Hall–Kier alpha value is -0.0800. The van der Waals surface area contributed by atoms with Crippen LogP contribution in [0, 0.1) is 11.8 Å². The molecule has 0 aromatic carbocycles. The lowest BCUT2D eigenvalue weighted by Crippen LogP contribution is -2.56. The summed E-state index contributed by atoms with van der Waals surface area (Å²) in [5.74, 6) is 2.04. The van der Waals surface area contributed by atoms with Crippen molar-refractivity contribution in [2.45, 2.75) is 32.2 Å². The minimum atomic E-state index is 0.853. The number of likely N-dealkylation sites (N-methyl/N-ethyl adjacent to an activating group) is 1. The molecule has 4 atom stereocenters. The van der Waals surface area contributed by atoms with E-state index in [1.807, 2.05) is 0 Å². The first-order valence-corrected chi connectivity index (χ1v) is 6.09. The van der Waals surface area contributed by atoms with E-state index in [1.54, 1.807) is 0 Å². The molecule has 0 aromatic heterocycles. The Morgan fingerprint density at radius 3 is 2.64 bits per heavy atom. The highest BCUT2D eigenvalue weighted by molar-refractivity contribution is 4.92. The SMILES string of the molecule is CC[C@H]1CN2CC[C@H]1C[C@@H]2CN(C)C. The van der Waals surface area contributed by atoms with Gasteiger partial charge in [0.05, 0.1) is 0 Å². The van der Waals surface area contributed by atoms with Gasteiger partial charge in [-0.15, -0.1) is 0 Å². The molecular formula is C12H24N2. The molecule has 0 spiro atoms. The molecule has 0 radical (unpaired) electrons. The van der Waals surface area contributed by atoms with E-state index in [0.29, 0.717) is 0 Å². The smallest absolute Gasteiger partial charge is 0.0225 e. The largest absolute Gasteiger partial charge is 0.308 e. The van der Waals surface area contributed by atoms with Crippen molar-refractivity contribution in [3.63, 3.8) is 0 Å². The van der Waals surface area contributed by atoms with Crippen LogP contribution in [0.4, 0.5) is 0 Å². The fraction of sp³-hybridized carbons (Fsp3) is 1.00. The standard InChI is InChI=1S/C12H24N2/c1-4-10-8-14-6-5-11(10)7-12(14)9-13(2)3/h10-12H,4-9H2,1-3H3/t10-,11-,12+/m0/s1. The van der Waals surface area contributed by atoms with Gasteiger partial charge in [-0.3, -0.25) is 4.90 Å². The van der Waals surface area contributed by atoms with E-state index in [-0.39, 0.29) is 0 Å². The summed E-state index contributed by atoms with van der Waals surface area (Å²) in [5.41, 5.74) is 0. The summed E-state index contributed by atoms with van der Waals surface area (Å²) in [6.45, 7) is 6.35. The fourth-order valence-corrected chi connectivity index (χ4v) is 3.32. The van der Waals surface area contributed by atoms with Crippen molar-refractivity contribution in [2.75, 3.05) is 33.7 Å². The van der Waals surface area contributed by atoms with E-state index in [1.165, 1.54) is 38.9 Å². The molecule has 3 rings (SSSR count). The second kappa shape index (κ2) is 4.19. The first-order valence-electron chi connectivity index (χ1n) is 6.09. The highest BCUT2D eigenvalue weighted by Crippen LogP contribution is 2.37. The van der Waals surface area contributed by atoms with Gasteiger partial charge in [0.15, 0.2) is 0 Å². The summed E-state index contributed by atoms with van der Waals surface area (Å²) in [5, 5.41) is 0. The zero-order valence-corrected chi connectivity index (χ0v) is 9.87. The Morgan fingerprint density at radius 2 is 2.14 bits per heavy atom. The molecule has 3 aliphatic heterocycles. The molecule has 1 unspecified atom stereocenters. The lowest BCUT2D eigenvalue weighted by Gasteiger charge is -2.50. The van der Waals surface area contributed by atoms with Crippen molar-refractivity contribution >= 4 is 0 Å². The Bertz CT molecular complexity index is 191. The molecule has 3 fully saturated rings. The molecule has 2 bridgehead atoms. The monoisotopic (exact) mass is 196 g/mol. The first kappa shape index (κ1) is 10.4. The third-order valence-corrected chi connectivity index (χ3v) is 4.11. The number of rotatable bonds is 3. The Balaban J connectivity index is 1.94. The quantitative estimate of drug-likeness (QED) is 0.677. The molecule has 0 aromatic rings. The predicted molar refractivity (Wildman–Crippen MR) is 60.4 cm³/mol. The van der Waals surface area contributed by atoms with E-state index in [2.05, 4.69) is 30.8 Å². The highest BCUT2D eigenvalue weighted by Gasteiger charge is 2.38. The van der Waals surface area contributed by atoms with Gasteiger partial charge in [0.2, 0.25) is 0 Å². The molecule has 3 saturated heterocycles. The molecule has 14 heavy (non-hydrogen) atoms. The number of hydrogen-bond acceptors (Lipinski definition) is 2. The number of nitrogens with zero attached hydrogens (tertiary/aromatic N) is 2. The van der Waals surface area contributed by atoms with E-state index >= 15 is 0 Å². The number of fused-ring (bicyclic) bond motifs is 3. The molecule has 82 valence electrons. The van der Waals surface area contributed by atoms with Crippen LogP contribution in [0.3, 0.4) is 0 Å². The molecular weight excluding hydrogens is 172 g/mol. The van der Waals surface area contributed by atoms with Crippen LogP contribution in [0.25, 0.3) is 0 Å². The summed E-state index contributed by atoms with van der Waals surface area (Å²) in [7, 11) is 4.39. The molecule has 3 heterocycles. The van der Waals surface area contributed by atoms with Crippen molar-refractivity contribution < 1.29 is 0 Å². The van der Waals surface area contributed by atoms with E-state index in [0.717, 1.165) is 17.9 Å². The molecule has 3 aliphatic rings. The lowest BCUT2D eigenvalue weighted by atomic mass is 9.74. The first-order chi connectivity index (χ1) is 6.70. The predicted octanol–water partition coefficient (Wildman–Crippen LogP) is 1.67. The fourth-order valence-electron chi connectivity index (χ4n) is 3.32. The third kappa shape index (κ3) is 1.96. The summed E-state index contributed by atoms with van der Waals surface area (Å²) in [6, 6.07) is 0.853. The molecule has 0 aliphatic carbocycles. The summed E-state index contributed by atoms with van der Waals surface area (Å²) >= 11 is 0. The van der Waals surface area contributed by atoms with Gasteiger partial charge in [-0.1, -0.05) is 13.3 Å². The van der Waals surface area contributed by atoms with E-state index in [9.17, 15) is 0 Å². The normalized spacial score (nSPS) is 42.0. The van der Waals surface area contributed by atoms with Crippen molar-refractivity contribution in [1.82, 2.24) is 9.80 Å². The lowest BCUT2D eigenvalue weighted by molar-refractivity contribution is -0.00898. The molecule has 0 saturated carbocycles. The molecule has 2 heteroatoms. The number of piperidine rings is 3. The second-order valence-electron chi connectivity index (χ2n) is 5.36. The van der Waals surface area contributed by atoms with Gasteiger partial charge in [-0.05, 0) is 45.3 Å². The second-order valence-corrected chi connectivity index (χ2v) is 5.36. The van der Waals surface area contributed by atoms with Gasteiger partial charge < -0.3 is 4.90 Å². The van der Waals surface area contributed by atoms with Gasteiger partial charge in [0.25, 0.3) is 0 Å². The van der Waals surface area contributed by atoms with Crippen LogP contribution in [0.1, 0.15) is 26.2 Å². The highest BCUT2D eigenvalue weighted by atomic mass is 15.2. The average Bonchev–Trinajstić information content (AvgIpc) is 2.17. The van der Waals surface area contributed by atoms with Gasteiger partial charge in [0.1, 0.15) is 0 Å². The van der Waals surface area contributed by atoms with Crippen LogP contribution in [-0.2, 0) is 0 Å². The van der Waals surface area contributed by atoms with E-state index < -0.39 is 0 Å². The topological polar surface area (TPSA) is 6.48 Å². The third-order valence-electron chi connectivity index (χ3n) is 4.11. The van der Waals surface area contributed by atoms with Crippen molar-refractivity contribution in [2.24, 2.45) is 11.8 Å². The Morgan fingerprint density at radius 1 is 1.36 bits per heavy atom. The minimum Gasteiger partial charge on any atom is -0.308 e. The van der Waals surface area contributed by atoms with Crippen LogP contribution in [0.2, 0.25) is 0 Å². The Kier molecular flexibility index (Phi) is 3.13. The van der Waals surface area contributed by atoms with Crippen molar-refractivity contribution in [3.05, 3.63) is 0 Å². The maximum Gasteiger partial charge on any atom is 0.0225 e. The molecule has 0 N–H and O–H groups in total. The van der Waals surface area contributed by atoms with Crippen LogP contribution < -0.4 is 0 Å². The van der Waals surface area contributed by atoms with E-state index in [4.69, 9.17) is 0 Å². The zero-order chi connectivity index (χ0) is 10.1. The maximum absolute atomic E-state index is 2.73. The van der Waals surface area contributed by atoms with Gasteiger partial charge in [0, 0.05) is 19.1 Å². The molecule has 0 amide bonds. The average molecular weight is 196 g/mol. The van der Waals surface area contributed by atoms with Crippen LogP contribution >= 0.6 is 0 Å². The van der Waals surface area contributed by atoms with Crippen LogP contribution in [-0.4, -0.2) is 49.6 Å². The van der Waals surface area contributed by atoms with Gasteiger partial charge >= 0.3 is 0 Å².